The molecule has 2 unspecified atom stereocenters. The van der Waals surface area contributed by atoms with Crippen LogP contribution in [0.4, 0.5) is 8.78 Å². The topological polar surface area (TPSA) is 20.2 Å². The predicted molar refractivity (Wildman–Crippen MR) is 53.3 cm³/mol. The van der Waals surface area contributed by atoms with Gasteiger partial charge in [-0.15, -0.1) is 0 Å². The van der Waals surface area contributed by atoms with Crippen molar-refractivity contribution in [1.29, 1.82) is 0 Å². The van der Waals surface area contributed by atoms with Crippen LogP contribution in [0, 0.1) is 17.6 Å². The highest BCUT2D eigenvalue weighted by molar-refractivity contribution is 5.26. The Morgan fingerprint density at radius 1 is 1.40 bits per heavy atom. The summed E-state index contributed by atoms with van der Waals surface area (Å²) in [7, 11) is 0. The standard InChI is InChI=1S/C12H14F2O/c1-8-4-5-12(15,7-8)10-3-2-9(13)6-11(10)14/h2-3,6,8,15H,4-5,7H2,1H3. The van der Waals surface area contributed by atoms with Crippen LogP contribution in [0.5, 0.6) is 0 Å². The molecule has 2 rings (SSSR count). The van der Waals surface area contributed by atoms with Gasteiger partial charge in [0.1, 0.15) is 11.6 Å². The first-order valence-corrected chi connectivity index (χ1v) is 5.19. The number of rotatable bonds is 1. The van der Waals surface area contributed by atoms with E-state index in [9.17, 15) is 13.9 Å². The SMILES string of the molecule is CC1CCC(O)(c2ccc(F)cc2F)C1. The highest BCUT2D eigenvalue weighted by atomic mass is 19.1. The molecule has 0 radical (unpaired) electrons. The van der Waals surface area contributed by atoms with Gasteiger partial charge < -0.3 is 5.11 Å². The van der Waals surface area contributed by atoms with Gasteiger partial charge in [-0.1, -0.05) is 13.0 Å². The second-order valence-electron chi connectivity index (χ2n) is 4.50. The third-order valence-corrected chi connectivity index (χ3v) is 3.17. The van der Waals surface area contributed by atoms with Gasteiger partial charge in [0.05, 0.1) is 5.60 Å². The van der Waals surface area contributed by atoms with Crippen LogP contribution >= 0.6 is 0 Å². The molecule has 0 heterocycles. The zero-order valence-corrected chi connectivity index (χ0v) is 8.63. The van der Waals surface area contributed by atoms with Crippen molar-refractivity contribution in [2.24, 2.45) is 5.92 Å². The maximum atomic E-state index is 13.5. The van der Waals surface area contributed by atoms with E-state index < -0.39 is 17.2 Å². The van der Waals surface area contributed by atoms with Gasteiger partial charge in [0, 0.05) is 11.6 Å². The lowest BCUT2D eigenvalue weighted by Gasteiger charge is -2.23. The third kappa shape index (κ3) is 1.88. The molecule has 1 aliphatic rings. The number of halogens is 2. The molecule has 0 spiro atoms. The molecule has 0 bridgehead atoms. The van der Waals surface area contributed by atoms with Gasteiger partial charge in [-0.3, -0.25) is 0 Å². The Balaban J connectivity index is 2.37. The molecule has 1 aromatic rings. The quantitative estimate of drug-likeness (QED) is 0.758. The lowest BCUT2D eigenvalue weighted by Crippen LogP contribution is -2.23. The fourth-order valence-electron chi connectivity index (χ4n) is 2.38. The first-order valence-electron chi connectivity index (χ1n) is 5.19. The molecule has 82 valence electrons. The Morgan fingerprint density at radius 2 is 2.13 bits per heavy atom. The van der Waals surface area contributed by atoms with E-state index in [1.54, 1.807) is 0 Å². The summed E-state index contributed by atoms with van der Waals surface area (Å²) in [5.41, 5.74) is -0.870. The van der Waals surface area contributed by atoms with Gasteiger partial charge in [-0.2, -0.15) is 0 Å². The molecule has 0 aliphatic heterocycles. The zero-order valence-electron chi connectivity index (χ0n) is 8.63. The second-order valence-corrected chi connectivity index (χ2v) is 4.50. The van der Waals surface area contributed by atoms with Gasteiger partial charge in [-0.25, -0.2) is 8.78 Å². The monoisotopic (exact) mass is 212 g/mol. The molecule has 0 aromatic heterocycles. The maximum Gasteiger partial charge on any atom is 0.132 e. The summed E-state index contributed by atoms with van der Waals surface area (Å²) < 4.78 is 26.2. The Labute approximate surface area is 87.7 Å². The Bertz CT molecular complexity index is 378. The highest BCUT2D eigenvalue weighted by Crippen LogP contribution is 2.42. The minimum Gasteiger partial charge on any atom is -0.385 e. The molecule has 2 atom stereocenters. The number of benzene rings is 1. The Morgan fingerprint density at radius 3 is 2.67 bits per heavy atom. The molecule has 1 fully saturated rings. The third-order valence-electron chi connectivity index (χ3n) is 3.17. The molecular formula is C12H14F2O. The smallest absolute Gasteiger partial charge is 0.132 e. The van der Waals surface area contributed by atoms with Crippen molar-refractivity contribution in [2.75, 3.05) is 0 Å². The van der Waals surface area contributed by atoms with Crippen LogP contribution in [0.3, 0.4) is 0 Å². The van der Waals surface area contributed by atoms with E-state index in [2.05, 4.69) is 0 Å². The van der Waals surface area contributed by atoms with Crippen LogP contribution in [0.1, 0.15) is 31.7 Å². The van der Waals surface area contributed by atoms with E-state index >= 15 is 0 Å². The van der Waals surface area contributed by atoms with Crippen molar-refractivity contribution < 1.29 is 13.9 Å². The second kappa shape index (κ2) is 3.56. The van der Waals surface area contributed by atoms with E-state index in [0.717, 1.165) is 12.5 Å². The van der Waals surface area contributed by atoms with Crippen molar-refractivity contribution in [3.63, 3.8) is 0 Å². The Hall–Kier alpha value is -0.960. The van der Waals surface area contributed by atoms with Gasteiger partial charge in [0.2, 0.25) is 0 Å². The average Bonchev–Trinajstić information content (AvgIpc) is 2.46. The van der Waals surface area contributed by atoms with Crippen LogP contribution in [-0.2, 0) is 5.60 Å². The molecule has 3 heteroatoms. The van der Waals surface area contributed by atoms with Crippen LogP contribution in [0.2, 0.25) is 0 Å². The van der Waals surface area contributed by atoms with Gasteiger partial charge in [0.25, 0.3) is 0 Å². The van der Waals surface area contributed by atoms with Gasteiger partial charge in [-0.05, 0) is 31.2 Å². The molecule has 15 heavy (non-hydrogen) atoms. The Kier molecular flexibility index (Phi) is 2.51. The largest absolute Gasteiger partial charge is 0.385 e. The van der Waals surface area contributed by atoms with E-state index in [4.69, 9.17) is 0 Å². The summed E-state index contributed by atoms with van der Waals surface area (Å²) in [6.45, 7) is 2.03. The van der Waals surface area contributed by atoms with Crippen LogP contribution in [-0.4, -0.2) is 5.11 Å². The lowest BCUT2D eigenvalue weighted by molar-refractivity contribution is 0.0370. The summed E-state index contributed by atoms with van der Waals surface area (Å²) in [5, 5.41) is 10.2. The summed E-state index contributed by atoms with van der Waals surface area (Å²) in [6, 6.07) is 3.37. The molecule has 1 aliphatic carbocycles. The summed E-state index contributed by atoms with van der Waals surface area (Å²) in [4.78, 5) is 0. The molecule has 1 N–H and O–H groups in total. The van der Waals surface area contributed by atoms with Crippen molar-refractivity contribution in [2.45, 2.75) is 31.8 Å². The minimum absolute atomic E-state index is 0.230. The van der Waals surface area contributed by atoms with E-state index in [0.29, 0.717) is 18.8 Å². The average molecular weight is 212 g/mol. The fourth-order valence-corrected chi connectivity index (χ4v) is 2.38. The van der Waals surface area contributed by atoms with Gasteiger partial charge >= 0.3 is 0 Å². The van der Waals surface area contributed by atoms with E-state index in [-0.39, 0.29) is 5.56 Å². The van der Waals surface area contributed by atoms with Crippen molar-refractivity contribution >= 4 is 0 Å². The van der Waals surface area contributed by atoms with Crippen LogP contribution in [0.15, 0.2) is 18.2 Å². The molecule has 1 saturated carbocycles. The summed E-state index contributed by atoms with van der Waals surface area (Å²) >= 11 is 0. The summed E-state index contributed by atoms with van der Waals surface area (Å²) in [5.74, 6) is -0.864. The first-order chi connectivity index (χ1) is 7.01. The molecule has 0 saturated heterocycles. The normalized spacial score (nSPS) is 30.8. The van der Waals surface area contributed by atoms with Crippen molar-refractivity contribution in [3.05, 3.63) is 35.4 Å². The predicted octanol–water partition coefficient (Wildman–Crippen LogP) is 2.97. The first kappa shape index (κ1) is 10.6. The van der Waals surface area contributed by atoms with Gasteiger partial charge in [0.15, 0.2) is 0 Å². The number of hydrogen-bond acceptors (Lipinski definition) is 1. The number of hydrogen-bond donors (Lipinski definition) is 1. The minimum atomic E-state index is -1.10. The maximum absolute atomic E-state index is 13.5. The zero-order chi connectivity index (χ0) is 11.1. The summed E-state index contributed by atoms with van der Waals surface area (Å²) in [6.07, 6.45) is 1.99. The van der Waals surface area contributed by atoms with Crippen LogP contribution < -0.4 is 0 Å². The molecular weight excluding hydrogens is 198 g/mol. The lowest BCUT2D eigenvalue weighted by atomic mass is 9.91. The van der Waals surface area contributed by atoms with Crippen molar-refractivity contribution in [3.8, 4) is 0 Å². The van der Waals surface area contributed by atoms with E-state index in [1.165, 1.54) is 12.1 Å². The van der Waals surface area contributed by atoms with Crippen molar-refractivity contribution in [1.82, 2.24) is 0 Å². The highest BCUT2D eigenvalue weighted by Gasteiger charge is 2.38. The molecule has 1 aromatic carbocycles. The van der Waals surface area contributed by atoms with E-state index in [1.807, 2.05) is 6.92 Å². The van der Waals surface area contributed by atoms with Crippen LogP contribution in [0.25, 0.3) is 0 Å². The molecule has 1 nitrogen and oxygen atoms in total. The fraction of sp³-hybridized carbons (Fsp3) is 0.500. The number of aliphatic hydroxyl groups is 1. The molecule has 0 amide bonds.